The molecular weight excluding hydrogens is 277 g/mol. The van der Waals surface area contributed by atoms with Crippen LogP contribution >= 0.6 is 0 Å². The van der Waals surface area contributed by atoms with Crippen molar-refractivity contribution >= 4 is 23.5 Å². The number of hydrogen-bond acceptors (Lipinski definition) is 4. The van der Waals surface area contributed by atoms with Gasteiger partial charge in [0.05, 0.1) is 11.3 Å². The molecule has 0 spiro atoms. The molecule has 0 aliphatic carbocycles. The fourth-order valence-electron chi connectivity index (χ4n) is 2.18. The second-order valence-corrected chi connectivity index (χ2v) is 4.58. The molecule has 1 aliphatic heterocycles. The number of benzene rings is 1. The zero-order valence-electron chi connectivity index (χ0n) is 11.2. The monoisotopic (exact) mass is 289 g/mol. The maximum absolute atomic E-state index is 13.1. The first kappa shape index (κ1) is 14.7. The van der Waals surface area contributed by atoms with Gasteiger partial charge in [-0.1, -0.05) is 13.3 Å². The fraction of sp³-hybridized carbons (Fsp3) is 0.286. The van der Waals surface area contributed by atoms with Crippen LogP contribution in [0, 0.1) is 23.1 Å². The Labute approximate surface area is 120 Å². The van der Waals surface area contributed by atoms with Crippen molar-refractivity contribution in [1.29, 1.82) is 5.26 Å². The van der Waals surface area contributed by atoms with Crippen molar-refractivity contribution < 1.29 is 18.8 Å². The average Bonchev–Trinajstić information content (AvgIpc) is 2.44. The Kier molecular flexibility index (Phi) is 3.98. The first-order valence-corrected chi connectivity index (χ1v) is 6.38. The number of carbonyl (C=O) groups excluding carboxylic acids is 3. The number of nitriles is 1. The van der Waals surface area contributed by atoms with E-state index in [0.717, 1.165) is 17.0 Å². The number of amides is 4. The van der Waals surface area contributed by atoms with E-state index in [9.17, 15) is 18.8 Å². The van der Waals surface area contributed by atoms with Crippen molar-refractivity contribution in [3.8, 4) is 6.07 Å². The Morgan fingerprint density at radius 3 is 2.71 bits per heavy atom. The van der Waals surface area contributed by atoms with Crippen LogP contribution in [0.4, 0.5) is 14.9 Å². The minimum Gasteiger partial charge on any atom is -0.277 e. The molecule has 108 valence electrons. The molecule has 1 atom stereocenters. The molecule has 1 aromatic rings. The van der Waals surface area contributed by atoms with Crippen LogP contribution in [0.1, 0.15) is 25.3 Å². The zero-order valence-corrected chi connectivity index (χ0v) is 11.2. The third-order valence-electron chi connectivity index (χ3n) is 3.17. The van der Waals surface area contributed by atoms with Crippen molar-refractivity contribution in [2.75, 3.05) is 4.90 Å². The highest BCUT2D eigenvalue weighted by Gasteiger charge is 2.41. The molecule has 1 heterocycles. The standard InChI is InChI=1S/C14H12FN3O3/c1-2-3-10-12(19)17-14(21)18(13(10)20)11-5-4-9(15)6-8(11)7-16/h4-6,10H,2-3H2,1H3,(H,17,19,21). The van der Waals surface area contributed by atoms with Crippen LogP contribution in [0.15, 0.2) is 18.2 Å². The molecule has 1 unspecified atom stereocenters. The lowest BCUT2D eigenvalue weighted by Gasteiger charge is -2.30. The highest BCUT2D eigenvalue weighted by molar-refractivity contribution is 6.28. The number of barbiturate groups is 1. The Balaban J connectivity index is 2.47. The molecule has 0 bridgehead atoms. The number of rotatable bonds is 3. The Morgan fingerprint density at radius 1 is 1.38 bits per heavy atom. The van der Waals surface area contributed by atoms with E-state index in [1.807, 2.05) is 0 Å². The third kappa shape index (κ3) is 2.60. The molecule has 0 radical (unpaired) electrons. The lowest BCUT2D eigenvalue weighted by molar-refractivity contribution is -0.134. The van der Waals surface area contributed by atoms with E-state index in [1.54, 1.807) is 13.0 Å². The maximum atomic E-state index is 13.1. The van der Waals surface area contributed by atoms with E-state index in [2.05, 4.69) is 5.32 Å². The van der Waals surface area contributed by atoms with Crippen LogP contribution in [0.3, 0.4) is 0 Å². The molecule has 4 amide bonds. The Hall–Kier alpha value is -2.75. The molecule has 1 N–H and O–H groups in total. The van der Waals surface area contributed by atoms with Crippen LogP contribution in [0.25, 0.3) is 0 Å². The first-order chi connectivity index (χ1) is 9.99. The van der Waals surface area contributed by atoms with Gasteiger partial charge in [-0.15, -0.1) is 0 Å². The van der Waals surface area contributed by atoms with Gasteiger partial charge in [-0.25, -0.2) is 14.1 Å². The van der Waals surface area contributed by atoms with Crippen LogP contribution in [-0.2, 0) is 9.59 Å². The summed E-state index contributed by atoms with van der Waals surface area (Å²) >= 11 is 0. The summed E-state index contributed by atoms with van der Waals surface area (Å²) in [6, 6.07) is 3.95. The minimum atomic E-state index is -0.982. The van der Waals surface area contributed by atoms with Crippen molar-refractivity contribution in [2.45, 2.75) is 19.8 Å². The van der Waals surface area contributed by atoms with E-state index < -0.39 is 29.6 Å². The van der Waals surface area contributed by atoms with E-state index in [4.69, 9.17) is 5.26 Å². The molecule has 0 aromatic heterocycles. The molecule has 2 rings (SSSR count). The molecule has 7 heteroatoms. The van der Waals surface area contributed by atoms with Gasteiger partial charge < -0.3 is 0 Å². The second kappa shape index (κ2) is 5.71. The van der Waals surface area contributed by atoms with Crippen molar-refractivity contribution in [1.82, 2.24) is 5.32 Å². The first-order valence-electron chi connectivity index (χ1n) is 6.38. The summed E-state index contributed by atoms with van der Waals surface area (Å²) in [4.78, 5) is 36.6. The van der Waals surface area contributed by atoms with Gasteiger partial charge in [0, 0.05) is 0 Å². The highest BCUT2D eigenvalue weighted by Crippen LogP contribution is 2.26. The smallest absolute Gasteiger partial charge is 0.277 e. The Morgan fingerprint density at radius 2 is 2.10 bits per heavy atom. The van der Waals surface area contributed by atoms with E-state index in [-0.39, 0.29) is 17.7 Å². The lowest BCUT2D eigenvalue weighted by atomic mass is 9.98. The topological polar surface area (TPSA) is 90.3 Å². The number of imide groups is 2. The van der Waals surface area contributed by atoms with Gasteiger partial charge in [0.2, 0.25) is 11.8 Å². The molecule has 0 saturated carbocycles. The zero-order chi connectivity index (χ0) is 15.6. The predicted octanol–water partition coefficient (Wildman–Crippen LogP) is 1.70. The van der Waals surface area contributed by atoms with Gasteiger partial charge in [-0.05, 0) is 24.6 Å². The third-order valence-corrected chi connectivity index (χ3v) is 3.17. The number of hydrogen-bond donors (Lipinski definition) is 1. The number of halogens is 1. The number of nitrogens with one attached hydrogen (secondary N) is 1. The SMILES string of the molecule is CCCC1C(=O)NC(=O)N(c2ccc(F)cc2C#N)C1=O. The molecule has 1 aromatic carbocycles. The Bertz CT molecular complexity index is 666. The summed E-state index contributed by atoms with van der Waals surface area (Å²) in [6.45, 7) is 1.81. The minimum absolute atomic E-state index is 0.0324. The summed E-state index contributed by atoms with van der Waals surface area (Å²) in [5, 5.41) is 11.1. The van der Waals surface area contributed by atoms with E-state index >= 15 is 0 Å². The van der Waals surface area contributed by atoms with Gasteiger partial charge in [-0.3, -0.25) is 14.9 Å². The van der Waals surface area contributed by atoms with E-state index in [0.29, 0.717) is 6.42 Å². The van der Waals surface area contributed by atoms with Gasteiger partial charge in [0.15, 0.2) is 0 Å². The summed E-state index contributed by atoms with van der Waals surface area (Å²) in [7, 11) is 0. The van der Waals surface area contributed by atoms with E-state index in [1.165, 1.54) is 6.07 Å². The number of carbonyl (C=O) groups is 3. The number of nitrogens with zero attached hydrogens (tertiary/aromatic N) is 2. The van der Waals surface area contributed by atoms with Gasteiger partial charge in [0.1, 0.15) is 17.8 Å². The largest absolute Gasteiger partial charge is 0.335 e. The fourth-order valence-corrected chi connectivity index (χ4v) is 2.18. The maximum Gasteiger partial charge on any atom is 0.335 e. The predicted molar refractivity (Wildman–Crippen MR) is 70.5 cm³/mol. The van der Waals surface area contributed by atoms with Crippen LogP contribution < -0.4 is 10.2 Å². The molecular formula is C14H12FN3O3. The van der Waals surface area contributed by atoms with Crippen molar-refractivity contribution in [3.63, 3.8) is 0 Å². The normalized spacial score (nSPS) is 18.4. The summed E-state index contributed by atoms with van der Waals surface area (Å²) in [5.41, 5.74) is -0.182. The van der Waals surface area contributed by atoms with Crippen LogP contribution in [-0.4, -0.2) is 17.8 Å². The van der Waals surface area contributed by atoms with Gasteiger partial charge >= 0.3 is 6.03 Å². The molecule has 21 heavy (non-hydrogen) atoms. The quantitative estimate of drug-likeness (QED) is 0.857. The molecule has 1 fully saturated rings. The van der Waals surface area contributed by atoms with Gasteiger partial charge in [-0.2, -0.15) is 5.26 Å². The van der Waals surface area contributed by atoms with Gasteiger partial charge in [0.25, 0.3) is 0 Å². The second-order valence-electron chi connectivity index (χ2n) is 4.58. The number of anilines is 1. The summed E-state index contributed by atoms with van der Waals surface area (Å²) < 4.78 is 13.1. The molecule has 6 nitrogen and oxygen atoms in total. The van der Waals surface area contributed by atoms with Crippen molar-refractivity contribution in [2.24, 2.45) is 5.92 Å². The average molecular weight is 289 g/mol. The van der Waals surface area contributed by atoms with Crippen molar-refractivity contribution in [3.05, 3.63) is 29.6 Å². The van der Waals surface area contributed by atoms with Crippen LogP contribution in [0.2, 0.25) is 0 Å². The number of urea groups is 1. The lowest BCUT2D eigenvalue weighted by Crippen LogP contribution is -2.58. The molecule has 1 aliphatic rings. The molecule has 1 saturated heterocycles. The highest BCUT2D eigenvalue weighted by atomic mass is 19.1. The summed E-state index contributed by atoms with van der Waals surface area (Å²) in [5.74, 6) is -2.98. The summed E-state index contributed by atoms with van der Waals surface area (Å²) in [6.07, 6.45) is 0.873. The van der Waals surface area contributed by atoms with Crippen LogP contribution in [0.5, 0.6) is 0 Å².